The van der Waals surface area contributed by atoms with Crippen LogP contribution in [0.15, 0.2) is 36.5 Å². The molecule has 0 heteroatoms. The summed E-state index contributed by atoms with van der Waals surface area (Å²) in [4.78, 5) is 0. The molecule has 0 aromatic carbocycles. The lowest BCUT2D eigenvalue weighted by Crippen LogP contribution is -1.78. The van der Waals surface area contributed by atoms with E-state index in [2.05, 4.69) is 33.1 Å². The first kappa shape index (κ1) is 10.2. The van der Waals surface area contributed by atoms with Crippen LogP contribution in [0.4, 0.5) is 0 Å². The number of rotatable bonds is 5. The molecule has 0 aromatic rings. The third kappa shape index (κ3) is 4.60. The maximum Gasteiger partial charge on any atom is -0.0101 e. The van der Waals surface area contributed by atoms with Crippen molar-refractivity contribution in [1.29, 1.82) is 0 Å². The van der Waals surface area contributed by atoms with Gasteiger partial charge in [-0.15, -0.1) is 0 Å². The topological polar surface area (TPSA) is 0 Å². The van der Waals surface area contributed by atoms with Crippen LogP contribution in [0.2, 0.25) is 0 Å². The minimum Gasteiger partial charge on any atom is -0.0988 e. The molecule has 11 heavy (non-hydrogen) atoms. The smallest absolute Gasteiger partial charge is 0.0101 e. The van der Waals surface area contributed by atoms with E-state index in [1.54, 1.807) is 0 Å². The van der Waals surface area contributed by atoms with Crippen molar-refractivity contribution >= 4 is 0 Å². The van der Waals surface area contributed by atoms with Crippen molar-refractivity contribution in [3.63, 3.8) is 0 Å². The Morgan fingerprint density at radius 3 is 2.18 bits per heavy atom. The third-order valence-electron chi connectivity index (χ3n) is 1.85. The fraction of sp³-hybridized carbons (Fsp3) is 0.455. The van der Waals surface area contributed by atoms with Gasteiger partial charge >= 0.3 is 0 Å². The number of hydrogen-bond donors (Lipinski definition) is 0. The van der Waals surface area contributed by atoms with Gasteiger partial charge < -0.3 is 0 Å². The zero-order chi connectivity index (χ0) is 8.69. The van der Waals surface area contributed by atoms with Gasteiger partial charge in [0, 0.05) is 0 Å². The van der Waals surface area contributed by atoms with Gasteiger partial charge in [-0.3, -0.25) is 0 Å². The van der Waals surface area contributed by atoms with Gasteiger partial charge in [-0.25, -0.2) is 0 Å². The molecule has 0 unspecified atom stereocenters. The quantitative estimate of drug-likeness (QED) is 0.412. The molecule has 0 aliphatic heterocycles. The second-order valence-electron chi connectivity index (χ2n) is 2.64. The first-order valence-electron chi connectivity index (χ1n) is 4.22. The Bertz CT molecular complexity index is 155. The Balaban J connectivity index is 3.87. The minimum absolute atomic E-state index is 0.959. The molecule has 0 heterocycles. The molecule has 0 saturated heterocycles. The molecule has 0 spiro atoms. The van der Waals surface area contributed by atoms with Crippen molar-refractivity contribution in [3.8, 4) is 0 Å². The highest BCUT2D eigenvalue weighted by atomic mass is 14.0. The second kappa shape index (κ2) is 5.96. The van der Waals surface area contributed by atoms with Gasteiger partial charge in [0.2, 0.25) is 0 Å². The summed E-state index contributed by atoms with van der Waals surface area (Å²) in [6.45, 7) is 11.9. The van der Waals surface area contributed by atoms with E-state index in [9.17, 15) is 0 Å². The fourth-order valence-corrected chi connectivity index (χ4v) is 0.897. The molecule has 0 saturated carbocycles. The number of allylic oxidation sites excluding steroid dienone is 4. The van der Waals surface area contributed by atoms with Crippen LogP contribution in [0, 0.1) is 0 Å². The van der Waals surface area contributed by atoms with Crippen molar-refractivity contribution in [2.75, 3.05) is 0 Å². The third-order valence-corrected chi connectivity index (χ3v) is 1.85. The Morgan fingerprint density at radius 1 is 1.27 bits per heavy atom. The predicted molar refractivity (Wildman–Crippen MR) is 52.6 cm³/mol. The molecular weight excluding hydrogens is 132 g/mol. The Hall–Kier alpha value is -0.780. The summed E-state index contributed by atoms with van der Waals surface area (Å²) in [7, 11) is 0. The Morgan fingerprint density at radius 2 is 1.82 bits per heavy atom. The van der Waals surface area contributed by atoms with Gasteiger partial charge in [-0.05, 0) is 19.3 Å². The van der Waals surface area contributed by atoms with Gasteiger partial charge in [0.05, 0.1) is 0 Å². The molecule has 0 bridgehead atoms. The zero-order valence-corrected chi connectivity index (χ0v) is 7.69. The highest BCUT2D eigenvalue weighted by Crippen LogP contribution is 2.09. The first-order chi connectivity index (χ1) is 5.24. The van der Waals surface area contributed by atoms with E-state index in [1.807, 2.05) is 6.08 Å². The van der Waals surface area contributed by atoms with E-state index < -0.39 is 0 Å². The van der Waals surface area contributed by atoms with Crippen LogP contribution in [-0.4, -0.2) is 0 Å². The molecule has 0 aliphatic rings. The fourth-order valence-electron chi connectivity index (χ4n) is 0.897. The van der Waals surface area contributed by atoms with Gasteiger partial charge in [0.25, 0.3) is 0 Å². The molecule has 0 rings (SSSR count). The lowest BCUT2D eigenvalue weighted by atomic mass is 10.1. The Kier molecular flexibility index (Phi) is 5.54. The van der Waals surface area contributed by atoms with Gasteiger partial charge in [0.15, 0.2) is 0 Å². The van der Waals surface area contributed by atoms with E-state index in [4.69, 9.17) is 0 Å². The molecular formula is C11H18. The normalized spacial score (nSPS) is 8.91. The van der Waals surface area contributed by atoms with Crippen molar-refractivity contribution in [3.05, 3.63) is 36.5 Å². The van der Waals surface area contributed by atoms with E-state index in [-0.39, 0.29) is 0 Å². The summed E-state index contributed by atoms with van der Waals surface area (Å²) < 4.78 is 0. The molecule has 0 N–H and O–H groups in total. The molecule has 62 valence electrons. The van der Waals surface area contributed by atoms with Crippen LogP contribution in [0.5, 0.6) is 0 Å². The maximum atomic E-state index is 3.85. The summed E-state index contributed by atoms with van der Waals surface area (Å²) in [5.74, 6) is 0. The molecule has 0 amide bonds. The van der Waals surface area contributed by atoms with E-state index >= 15 is 0 Å². The van der Waals surface area contributed by atoms with Gasteiger partial charge in [-0.2, -0.15) is 0 Å². The van der Waals surface area contributed by atoms with Crippen LogP contribution in [0.25, 0.3) is 0 Å². The van der Waals surface area contributed by atoms with E-state index in [1.165, 1.54) is 5.57 Å². The molecule has 0 nitrogen and oxygen atoms in total. The van der Waals surface area contributed by atoms with Crippen LogP contribution >= 0.6 is 0 Å². The van der Waals surface area contributed by atoms with Gasteiger partial charge in [-0.1, -0.05) is 50.3 Å². The highest BCUT2D eigenvalue weighted by molar-refractivity contribution is 5.17. The Labute approximate surface area is 70.3 Å². The zero-order valence-electron chi connectivity index (χ0n) is 7.69. The van der Waals surface area contributed by atoms with Crippen LogP contribution in [0.1, 0.15) is 33.1 Å². The molecule has 0 aliphatic carbocycles. The first-order valence-corrected chi connectivity index (χ1v) is 4.22. The summed E-state index contributed by atoms with van der Waals surface area (Å²) in [5.41, 5.74) is 2.61. The number of hydrogen-bond acceptors (Lipinski definition) is 0. The monoisotopic (exact) mass is 150 g/mol. The summed E-state index contributed by atoms with van der Waals surface area (Å²) >= 11 is 0. The minimum atomic E-state index is 0.959. The molecule has 0 aromatic heterocycles. The van der Waals surface area contributed by atoms with Crippen LogP contribution in [0.3, 0.4) is 0 Å². The van der Waals surface area contributed by atoms with Gasteiger partial charge in [0.1, 0.15) is 0 Å². The predicted octanol–water partition coefficient (Wildman–Crippen LogP) is 3.87. The average Bonchev–Trinajstić information content (AvgIpc) is 2.06. The van der Waals surface area contributed by atoms with Crippen LogP contribution < -0.4 is 0 Å². The van der Waals surface area contributed by atoms with Crippen molar-refractivity contribution in [2.45, 2.75) is 33.1 Å². The lowest BCUT2D eigenvalue weighted by molar-refractivity contribution is 0.961. The summed E-state index contributed by atoms with van der Waals surface area (Å²) in [6, 6.07) is 0. The van der Waals surface area contributed by atoms with Crippen molar-refractivity contribution < 1.29 is 0 Å². The van der Waals surface area contributed by atoms with Crippen LogP contribution in [-0.2, 0) is 0 Å². The van der Waals surface area contributed by atoms with Crippen molar-refractivity contribution in [1.82, 2.24) is 0 Å². The van der Waals surface area contributed by atoms with E-state index in [0.29, 0.717) is 0 Å². The summed E-state index contributed by atoms with van der Waals surface area (Å²) in [6.07, 6.45) is 7.34. The molecule has 0 radical (unpaired) electrons. The second-order valence-corrected chi connectivity index (χ2v) is 2.64. The lowest BCUT2D eigenvalue weighted by Gasteiger charge is -1.99. The SMILES string of the molecule is C=CC(=C)CC=C(CC)CC. The van der Waals surface area contributed by atoms with E-state index in [0.717, 1.165) is 24.8 Å². The maximum absolute atomic E-state index is 3.85. The summed E-state index contributed by atoms with van der Waals surface area (Å²) in [5, 5.41) is 0. The molecule has 0 atom stereocenters. The standard InChI is InChI=1S/C11H18/c1-5-10(4)8-9-11(6-2)7-3/h5,9H,1,4,6-8H2,2-3H3. The largest absolute Gasteiger partial charge is 0.0988 e. The van der Waals surface area contributed by atoms with Crippen molar-refractivity contribution in [2.24, 2.45) is 0 Å². The molecule has 0 fully saturated rings. The highest BCUT2D eigenvalue weighted by Gasteiger charge is 1.89. The average molecular weight is 150 g/mol.